The molecule has 1 fully saturated rings. The van der Waals surface area contributed by atoms with Crippen LogP contribution in [0.25, 0.3) is 0 Å². The van der Waals surface area contributed by atoms with Gasteiger partial charge >= 0.3 is 6.03 Å². The Bertz CT molecular complexity index is 464. The summed E-state index contributed by atoms with van der Waals surface area (Å²) in [7, 11) is 0. The highest BCUT2D eigenvalue weighted by Crippen LogP contribution is 2.54. The second kappa shape index (κ2) is 3.98. The largest absolute Gasteiger partial charge is 0.352 e. The Morgan fingerprint density at radius 3 is 2.71 bits per heavy atom. The molecule has 3 nitrogen and oxygen atoms in total. The highest BCUT2D eigenvalue weighted by atomic mass is 19.1. The molecule has 1 saturated carbocycles. The number of primary amides is 1. The predicted molar refractivity (Wildman–Crippen MR) is 59.4 cm³/mol. The highest BCUT2D eigenvalue weighted by Gasteiger charge is 2.53. The average molecular weight is 240 g/mol. The molecule has 1 aliphatic carbocycles. The fourth-order valence-electron chi connectivity index (χ4n) is 2.34. The van der Waals surface area contributed by atoms with E-state index in [2.05, 4.69) is 5.32 Å². The summed E-state index contributed by atoms with van der Waals surface area (Å²) in [5.41, 5.74) is 5.02. The molecule has 0 spiro atoms. The number of halogens is 2. The Hall–Kier alpha value is -1.65. The first-order valence-corrected chi connectivity index (χ1v) is 5.44. The molecule has 3 N–H and O–H groups in total. The fraction of sp³-hybridized carbons (Fsp3) is 0.417. The van der Waals surface area contributed by atoms with Crippen molar-refractivity contribution < 1.29 is 13.6 Å². The van der Waals surface area contributed by atoms with Crippen LogP contribution in [0, 0.1) is 17.6 Å². The van der Waals surface area contributed by atoms with Crippen molar-refractivity contribution in [3.05, 3.63) is 35.4 Å². The summed E-state index contributed by atoms with van der Waals surface area (Å²) in [4.78, 5) is 10.7. The van der Waals surface area contributed by atoms with E-state index in [0.717, 1.165) is 12.5 Å². The average Bonchev–Trinajstić information content (AvgIpc) is 2.87. The Balaban J connectivity index is 2.26. The summed E-state index contributed by atoms with van der Waals surface area (Å²) in [6.45, 7) is 2.25. The van der Waals surface area contributed by atoms with Crippen LogP contribution < -0.4 is 11.1 Å². The van der Waals surface area contributed by atoms with Crippen LogP contribution in [0.5, 0.6) is 0 Å². The third-order valence-corrected chi connectivity index (χ3v) is 3.50. The van der Waals surface area contributed by atoms with Gasteiger partial charge in [0.1, 0.15) is 11.6 Å². The lowest BCUT2D eigenvalue weighted by atomic mass is 9.93. The number of hydrogen-bond donors (Lipinski definition) is 2. The van der Waals surface area contributed by atoms with Gasteiger partial charge < -0.3 is 11.1 Å². The lowest BCUT2D eigenvalue weighted by Crippen LogP contribution is -2.37. The van der Waals surface area contributed by atoms with Crippen LogP contribution in [0.3, 0.4) is 0 Å². The summed E-state index contributed by atoms with van der Waals surface area (Å²) in [6, 6.07) is 2.91. The maximum Gasteiger partial charge on any atom is 0.312 e. The SMILES string of the molecule is CC1CC1(CNC(N)=O)c1ccc(F)cc1F. The van der Waals surface area contributed by atoms with Gasteiger partial charge in [0.15, 0.2) is 0 Å². The number of nitrogens with two attached hydrogens (primary N) is 1. The number of carbonyl (C=O) groups is 1. The van der Waals surface area contributed by atoms with Gasteiger partial charge in [0, 0.05) is 18.0 Å². The van der Waals surface area contributed by atoms with Gasteiger partial charge in [0.25, 0.3) is 0 Å². The minimum Gasteiger partial charge on any atom is -0.352 e. The molecule has 1 aromatic carbocycles. The van der Waals surface area contributed by atoms with E-state index in [1.165, 1.54) is 12.1 Å². The molecule has 2 unspecified atom stereocenters. The molecule has 17 heavy (non-hydrogen) atoms. The van der Waals surface area contributed by atoms with E-state index in [1.54, 1.807) is 0 Å². The first-order chi connectivity index (χ1) is 7.95. The summed E-state index contributed by atoms with van der Waals surface area (Å²) in [6.07, 6.45) is 0.760. The quantitative estimate of drug-likeness (QED) is 0.833. The Kier molecular flexibility index (Phi) is 2.77. The van der Waals surface area contributed by atoms with Crippen molar-refractivity contribution in [1.82, 2.24) is 5.32 Å². The number of benzene rings is 1. The van der Waals surface area contributed by atoms with Crippen molar-refractivity contribution in [2.45, 2.75) is 18.8 Å². The van der Waals surface area contributed by atoms with Crippen LogP contribution in [0.15, 0.2) is 18.2 Å². The van der Waals surface area contributed by atoms with Gasteiger partial charge in [0.2, 0.25) is 0 Å². The molecule has 2 atom stereocenters. The zero-order valence-corrected chi connectivity index (χ0v) is 9.47. The minimum atomic E-state index is -0.633. The summed E-state index contributed by atoms with van der Waals surface area (Å²) < 4.78 is 26.5. The van der Waals surface area contributed by atoms with E-state index >= 15 is 0 Å². The monoisotopic (exact) mass is 240 g/mol. The molecule has 1 aliphatic rings. The number of nitrogens with one attached hydrogen (secondary N) is 1. The second-order valence-corrected chi connectivity index (χ2v) is 4.60. The second-order valence-electron chi connectivity index (χ2n) is 4.60. The van der Waals surface area contributed by atoms with Crippen LogP contribution in [0.1, 0.15) is 18.9 Å². The smallest absolute Gasteiger partial charge is 0.312 e. The molecule has 92 valence electrons. The molecule has 0 aromatic heterocycles. The van der Waals surface area contributed by atoms with E-state index in [4.69, 9.17) is 5.73 Å². The first-order valence-electron chi connectivity index (χ1n) is 5.44. The zero-order chi connectivity index (χ0) is 12.6. The maximum atomic E-state index is 13.7. The van der Waals surface area contributed by atoms with E-state index in [-0.39, 0.29) is 12.5 Å². The van der Waals surface area contributed by atoms with E-state index in [9.17, 15) is 13.6 Å². The molecule has 0 bridgehead atoms. The highest BCUT2D eigenvalue weighted by molar-refractivity contribution is 5.71. The van der Waals surface area contributed by atoms with Crippen LogP contribution in [0.2, 0.25) is 0 Å². The normalized spacial score (nSPS) is 26.6. The third-order valence-electron chi connectivity index (χ3n) is 3.50. The van der Waals surface area contributed by atoms with Gasteiger partial charge in [-0.15, -0.1) is 0 Å². The minimum absolute atomic E-state index is 0.245. The number of hydrogen-bond acceptors (Lipinski definition) is 1. The van der Waals surface area contributed by atoms with Crippen LogP contribution >= 0.6 is 0 Å². The molecule has 0 saturated heterocycles. The molecule has 2 amide bonds. The molecule has 1 aromatic rings. The predicted octanol–water partition coefficient (Wildman–Crippen LogP) is 1.91. The summed E-state index contributed by atoms with van der Waals surface area (Å²) >= 11 is 0. The number of carbonyl (C=O) groups excluding carboxylic acids is 1. The number of rotatable bonds is 3. The molecule has 0 aliphatic heterocycles. The van der Waals surface area contributed by atoms with Crippen molar-refractivity contribution >= 4 is 6.03 Å². The number of urea groups is 1. The Morgan fingerprint density at radius 1 is 1.59 bits per heavy atom. The van der Waals surface area contributed by atoms with Gasteiger partial charge in [-0.2, -0.15) is 0 Å². The molecule has 0 radical (unpaired) electrons. The first kappa shape index (κ1) is 11.8. The molecular weight excluding hydrogens is 226 g/mol. The topological polar surface area (TPSA) is 55.1 Å². The van der Waals surface area contributed by atoms with Gasteiger partial charge in [-0.05, 0) is 24.0 Å². The molecule has 5 heteroatoms. The van der Waals surface area contributed by atoms with Gasteiger partial charge in [-0.3, -0.25) is 0 Å². The van der Waals surface area contributed by atoms with E-state index < -0.39 is 23.1 Å². The molecule has 0 heterocycles. The van der Waals surface area contributed by atoms with E-state index in [1.807, 2.05) is 6.92 Å². The van der Waals surface area contributed by atoms with Crippen molar-refractivity contribution in [3.63, 3.8) is 0 Å². The standard InChI is InChI=1S/C12H14F2N2O/c1-7-5-12(7,6-16-11(15)17)9-3-2-8(13)4-10(9)14/h2-4,7H,5-6H2,1H3,(H3,15,16,17). The van der Waals surface area contributed by atoms with Crippen molar-refractivity contribution in [2.75, 3.05) is 6.54 Å². The molecule has 2 rings (SSSR count). The third kappa shape index (κ3) is 2.09. The van der Waals surface area contributed by atoms with Crippen LogP contribution in [0.4, 0.5) is 13.6 Å². The molecular formula is C12H14F2N2O. The lowest BCUT2D eigenvalue weighted by molar-refractivity contribution is 0.247. The van der Waals surface area contributed by atoms with Crippen molar-refractivity contribution in [2.24, 2.45) is 11.7 Å². The van der Waals surface area contributed by atoms with Gasteiger partial charge in [-0.25, -0.2) is 13.6 Å². The lowest BCUT2D eigenvalue weighted by Gasteiger charge is -2.18. The Morgan fingerprint density at radius 2 is 2.24 bits per heavy atom. The number of amides is 2. The van der Waals surface area contributed by atoms with Gasteiger partial charge in [-0.1, -0.05) is 13.0 Å². The zero-order valence-electron chi connectivity index (χ0n) is 9.47. The van der Waals surface area contributed by atoms with Crippen molar-refractivity contribution in [3.8, 4) is 0 Å². The Labute approximate surface area is 98.0 Å². The van der Waals surface area contributed by atoms with E-state index in [0.29, 0.717) is 5.56 Å². The fourth-order valence-corrected chi connectivity index (χ4v) is 2.34. The maximum absolute atomic E-state index is 13.7. The van der Waals surface area contributed by atoms with Crippen molar-refractivity contribution in [1.29, 1.82) is 0 Å². The van der Waals surface area contributed by atoms with Gasteiger partial charge in [0.05, 0.1) is 0 Å². The van der Waals surface area contributed by atoms with Crippen LogP contribution in [-0.4, -0.2) is 12.6 Å². The summed E-state index contributed by atoms with van der Waals surface area (Å²) in [5.74, 6) is -0.924. The van der Waals surface area contributed by atoms with Crippen LogP contribution in [-0.2, 0) is 5.41 Å². The summed E-state index contributed by atoms with van der Waals surface area (Å²) in [5, 5.41) is 2.50.